The Balaban J connectivity index is 1.85. The van der Waals surface area contributed by atoms with Gasteiger partial charge in [-0.15, -0.1) is 0 Å². The van der Waals surface area contributed by atoms with Gasteiger partial charge in [0.25, 0.3) is 0 Å². The second-order valence-corrected chi connectivity index (χ2v) is 6.51. The Morgan fingerprint density at radius 3 is 2.84 bits per heavy atom. The van der Waals surface area contributed by atoms with Crippen LogP contribution in [0.25, 0.3) is 0 Å². The number of ether oxygens (including phenoxy) is 1. The van der Waals surface area contributed by atoms with E-state index >= 15 is 0 Å². The van der Waals surface area contributed by atoms with Gasteiger partial charge in [-0.05, 0) is 40.9 Å². The molecular weight excluding hydrogens is 304 g/mol. The Bertz CT molecular complexity index is 457. The lowest BCUT2D eigenvalue weighted by molar-refractivity contribution is 0.303. The molecule has 3 nitrogen and oxygen atoms in total. The zero-order valence-electron chi connectivity index (χ0n) is 11.4. The smallest absolute Gasteiger partial charge is 0.121 e. The Morgan fingerprint density at radius 2 is 2.11 bits per heavy atom. The van der Waals surface area contributed by atoms with Crippen LogP contribution in [-0.4, -0.2) is 32.3 Å². The van der Waals surface area contributed by atoms with Crippen molar-refractivity contribution in [3.05, 3.63) is 22.7 Å². The van der Waals surface area contributed by atoms with Gasteiger partial charge in [0.15, 0.2) is 0 Å². The summed E-state index contributed by atoms with van der Waals surface area (Å²) in [4.78, 5) is 2.49. The number of piperazine rings is 1. The van der Waals surface area contributed by atoms with Crippen molar-refractivity contribution in [2.45, 2.75) is 31.2 Å². The van der Waals surface area contributed by atoms with Crippen molar-refractivity contribution >= 4 is 21.6 Å². The predicted molar refractivity (Wildman–Crippen MR) is 82.1 cm³/mol. The molecule has 0 atom stereocenters. The molecular formula is C15H21BrN2O. The van der Waals surface area contributed by atoms with E-state index < -0.39 is 0 Å². The molecule has 1 spiro atoms. The van der Waals surface area contributed by atoms with Gasteiger partial charge in [0.1, 0.15) is 5.75 Å². The highest BCUT2D eigenvalue weighted by atomic mass is 79.9. The van der Waals surface area contributed by atoms with E-state index in [4.69, 9.17) is 4.74 Å². The van der Waals surface area contributed by atoms with E-state index in [1.807, 2.05) is 6.07 Å². The largest absolute Gasteiger partial charge is 0.497 e. The van der Waals surface area contributed by atoms with E-state index in [1.54, 1.807) is 7.11 Å². The average Bonchev–Trinajstić information content (AvgIpc) is 2.87. The van der Waals surface area contributed by atoms with Crippen molar-refractivity contribution < 1.29 is 4.74 Å². The maximum absolute atomic E-state index is 5.35. The minimum Gasteiger partial charge on any atom is -0.497 e. The predicted octanol–water partition coefficient (Wildman–Crippen LogP) is 3.18. The van der Waals surface area contributed by atoms with Gasteiger partial charge in [0, 0.05) is 35.7 Å². The Kier molecular flexibility index (Phi) is 3.72. The Morgan fingerprint density at radius 1 is 1.32 bits per heavy atom. The first kappa shape index (κ1) is 13.3. The van der Waals surface area contributed by atoms with Crippen LogP contribution in [0.2, 0.25) is 0 Å². The van der Waals surface area contributed by atoms with Crippen molar-refractivity contribution in [3.63, 3.8) is 0 Å². The van der Waals surface area contributed by atoms with Crippen molar-refractivity contribution in [3.8, 4) is 5.75 Å². The third kappa shape index (κ3) is 2.61. The summed E-state index contributed by atoms with van der Waals surface area (Å²) in [5.41, 5.74) is 1.60. The van der Waals surface area contributed by atoms with Gasteiger partial charge in [-0.25, -0.2) is 0 Å². The van der Waals surface area contributed by atoms with Crippen LogP contribution in [0.5, 0.6) is 5.75 Å². The molecule has 104 valence electrons. The standard InChI is InChI=1S/C15H21BrN2O/c1-19-12-4-5-13(16)14(10-12)18-9-8-17-15(11-18)6-2-3-7-15/h4-5,10,17H,2-3,6-9,11H2,1H3. The van der Waals surface area contributed by atoms with Gasteiger partial charge >= 0.3 is 0 Å². The summed E-state index contributed by atoms with van der Waals surface area (Å²) in [6.45, 7) is 3.25. The third-order valence-electron chi connectivity index (χ3n) is 4.43. The molecule has 0 bridgehead atoms. The molecule has 1 heterocycles. The van der Waals surface area contributed by atoms with Crippen LogP contribution in [0, 0.1) is 0 Å². The highest BCUT2D eigenvalue weighted by Crippen LogP contribution is 2.36. The van der Waals surface area contributed by atoms with Gasteiger partial charge in [0.2, 0.25) is 0 Å². The molecule has 1 saturated carbocycles. The molecule has 4 heteroatoms. The molecule has 2 fully saturated rings. The summed E-state index contributed by atoms with van der Waals surface area (Å²) < 4.78 is 6.51. The lowest BCUT2D eigenvalue weighted by atomic mass is 9.94. The molecule has 0 radical (unpaired) electrons. The summed E-state index contributed by atoms with van der Waals surface area (Å²) in [5.74, 6) is 0.928. The first-order valence-corrected chi connectivity index (χ1v) is 7.85. The van der Waals surface area contributed by atoms with Crippen molar-refractivity contribution in [2.24, 2.45) is 0 Å². The maximum atomic E-state index is 5.35. The van der Waals surface area contributed by atoms with Gasteiger partial charge in [-0.3, -0.25) is 0 Å². The van der Waals surface area contributed by atoms with Crippen LogP contribution in [0.4, 0.5) is 5.69 Å². The van der Waals surface area contributed by atoms with Gasteiger partial charge in [0.05, 0.1) is 12.8 Å². The molecule has 0 unspecified atom stereocenters. The molecule has 1 N–H and O–H groups in total. The van der Waals surface area contributed by atoms with Crippen molar-refractivity contribution in [1.82, 2.24) is 5.32 Å². The van der Waals surface area contributed by atoms with Crippen LogP contribution in [0.3, 0.4) is 0 Å². The normalized spacial score (nSPS) is 21.9. The minimum absolute atomic E-state index is 0.348. The number of nitrogens with zero attached hydrogens (tertiary/aromatic N) is 1. The van der Waals surface area contributed by atoms with Gasteiger partial charge < -0.3 is 15.0 Å². The molecule has 3 rings (SSSR count). The van der Waals surface area contributed by atoms with Crippen LogP contribution in [0.15, 0.2) is 22.7 Å². The Labute approximate surface area is 123 Å². The first-order valence-electron chi connectivity index (χ1n) is 7.06. The van der Waals surface area contributed by atoms with Crippen molar-refractivity contribution in [1.29, 1.82) is 0 Å². The average molecular weight is 325 g/mol. The minimum atomic E-state index is 0.348. The monoisotopic (exact) mass is 324 g/mol. The molecule has 1 aliphatic carbocycles. The third-order valence-corrected chi connectivity index (χ3v) is 5.10. The molecule has 0 aromatic heterocycles. The molecule has 1 aromatic rings. The molecule has 19 heavy (non-hydrogen) atoms. The first-order chi connectivity index (χ1) is 9.22. The molecule has 0 amide bonds. The second kappa shape index (κ2) is 5.33. The molecule has 1 saturated heterocycles. The highest BCUT2D eigenvalue weighted by molar-refractivity contribution is 9.10. The fraction of sp³-hybridized carbons (Fsp3) is 0.600. The summed E-state index contributed by atoms with van der Waals surface area (Å²) in [6.07, 6.45) is 5.34. The lowest BCUT2D eigenvalue weighted by Crippen LogP contribution is -2.59. The number of rotatable bonds is 2. The fourth-order valence-electron chi connectivity index (χ4n) is 3.41. The summed E-state index contributed by atoms with van der Waals surface area (Å²) in [5, 5.41) is 3.75. The number of halogens is 1. The zero-order chi connectivity index (χ0) is 13.3. The van der Waals surface area contributed by atoms with E-state index in [9.17, 15) is 0 Å². The van der Waals surface area contributed by atoms with Crippen molar-refractivity contribution in [2.75, 3.05) is 31.6 Å². The van der Waals surface area contributed by atoms with Gasteiger partial charge in [-0.1, -0.05) is 12.8 Å². The van der Waals surface area contributed by atoms with Crippen LogP contribution < -0.4 is 15.0 Å². The topological polar surface area (TPSA) is 24.5 Å². The van der Waals surface area contributed by atoms with E-state index in [2.05, 4.69) is 38.3 Å². The molecule has 1 aliphatic heterocycles. The Hall–Kier alpha value is -0.740. The SMILES string of the molecule is COc1ccc(Br)c(N2CCNC3(CCCC3)C2)c1. The maximum Gasteiger partial charge on any atom is 0.121 e. The van der Waals surface area contributed by atoms with E-state index in [1.165, 1.54) is 31.4 Å². The second-order valence-electron chi connectivity index (χ2n) is 5.65. The zero-order valence-corrected chi connectivity index (χ0v) is 13.0. The number of nitrogens with one attached hydrogen (secondary N) is 1. The number of benzene rings is 1. The van der Waals surface area contributed by atoms with Gasteiger partial charge in [-0.2, -0.15) is 0 Å². The number of hydrogen-bond acceptors (Lipinski definition) is 3. The van der Waals surface area contributed by atoms with Crippen LogP contribution >= 0.6 is 15.9 Å². The van der Waals surface area contributed by atoms with E-state index in [-0.39, 0.29) is 0 Å². The molecule has 2 aliphatic rings. The summed E-state index contributed by atoms with van der Waals surface area (Å²) in [7, 11) is 1.73. The van der Waals surface area contributed by atoms with Crippen LogP contribution in [-0.2, 0) is 0 Å². The molecule has 1 aromatic carbocycles. The number of anilines is 1. The lowest BCUT2D eigenvalue weighted by Gasteiger charge is -2.43. The van der Waals surface area contributed by atoms with Crippen LogP contribution in [0.1, 0.15) is 25.7 Å². The number of hydrogen-bond donors (Lipinski definition) is 1. The number of methoxy groups -OCH3 is 1. The summed E-state index contributed by atoms with van der Waals surface area (Å²) >= 11 is 3.67. The van der Waals surface area contributed by atoms with E-state index in [0.29, 0.717) is 5.54 Å². The van der Waals surface area contributed by atoms with E-state index in [0.717, 1.165) is 29.9 Å². The quantitative estimate of drug-likeness (QED) is 0.904. The fourth-order valence-corrected chi connectivity index (χ4v) is 3.91. The highest BCUT2D eigenvalue weighted by Gasteiger charge is 2.38. The summed E-state index contributed by atoms with van der Waals surface area (Å²) in [6, 6.07) is 6.22.